The number of rotatable bonds is 2. The summed E-state index contributed by atoms with van der Waals surface area (Å²) in [6.07, 6.45) is 2.64. The Kier molecular flexibility index (Phi) is 7.00. The smallest absolute Gasteiger partial charge is 0.343 e. The zero-order chi connectivity index (χ0) is 7.56. The van der Waals surface area contributed by atoms with E-state index in [1.54, 1.807) is 0 Å². The van der Waals surface area contributed by atoms with Gasteiger partial charge in [-0.25, -0.2) is 0 Å². The molecule has 0 bridgehead atoms. The van der Waals surface area contributed by atoms with Crippen molar-refractivity contribution in [1.29, 1.82) is 0 Å². The molecule has 11 heavy (non-hydrogen) atoms. The molecule has 0 spiro atoms. The van der Waals surface area contributed by atoms with Crippen LogP contribution in [0, 0.1) is 18.8 Å². The third-order valence-electron chi connectivity index (χ3n) is 2.12. The average molecular weight is 179 g/mol. The molecule has 1 rings (SSSR count). The topological polar surface area (TPSA) is 12.0 Å². The summed E-state index contributed by atoms with van der Waals surface area (Å²) in [6, 6.07) is 0.517. The Morgan fingerprint density at radius 1 is 1.55 bits per heavy atom. The second kappa shape index (κ2) is 6.11. The second-order valence-electron chi connectivity index (χ2n) is 3.84. The third-order valence-corrected chi connectivity index (χ3v) is 2.12. The van der Waals surface area contributed by atoms with Crippen LogP contribution in [0.3, 0.4) is 0 Å². The normalized spacial score (nSPS) is 30.5. The van der Waals surface area contributed by atoms with E-state index in [-0.39, 0.29) is 51.4 Å². The first-order chi connectivity index (χ1) is 4.68. The van der Waals surface area contributed by atoms with Crippen molar-refractivity contribution in [2.45, 2.75) is 32.7 Å². The molecule has 2 heteroatoms. The van der Waals surface area contributed by atoms with Crippen LogP contribution >= 0.6 is 0 Å². The average Bonchev–Trinajstić information content (AvgIpc) is 2.13. The van der Waals surface area contributed by atoms with E-state index in [0.29, 0.717) is 6.04 Å². The van der Waals surface area contributed by atoms with E-state index in [9.17, 15) is 0 Å². The predicted molar refractivity (Wildman–Crippen MR) is 44.7 cm³/mol. The molecule has 2 unspecified atom stereocenters. The maximum atomic E-state index is 3.98. The summed E-state index contributed by atoms with van der Waals surface area (Å²) in [6.45, 7) is 9.75. The van der Waals surface area contributed by atoms with E-state index in [0.717, 1.165) is 11.8 Å². The minimum Gasteiger partial charge on any atom is -0.343 e. The van der Waals surface area contributed by atoms with Crippen molar-refractivity contribution in [2.24, 2.45) is 11.8 Å². The summed E-state index contributed by atoms with van der Waals surface area (Å²) in [5, 5.41) is 3.36. The minimum absolute atomic E-state index is 0. The Morgan fingerprint density at radius 3 is 2.55 bits per heavy atom. The first kappa shape index (κ1) is 12.6. The number of hydrogen-bond donors (Lipinski definition) is 1. The van der Waals surface area contributed by atoms with Crippen molar-refractivity contribution in [3.05, 3.63) is 6.92 Å². The Bertz CT molecular complexity index is 104. The van der Waals surface area contributed by atoms with Gasteiger partial charge in [0.2, 0.25) is 0 Å². The molecule has 1 fully saturated rings. The molecule has 0 amide bonds. The molecule has 60 valence electrons. The van der Waals surface area contributed by atoms with Crippen molar-refractivity contribution < 1.29 is 51.4 Å². The summed E-state index contributed by atoms with van der Waals surface area (Å²) in [7, 11) is 0. The molecule has 0 aromatic carbocycles. The van der Waals surface area contributed by atoms with Crippen molar-refractivity contribution in [1.82, 2.24) is 5.32 Å². The molecule has 0 aromatic rings. The van der Waals surface area contributed by atoms with Gasteiger partial charge < -0.3 is 12.2 Å². The second-order valence-corrected chi connectivity index (χ2v) is 3.84. The van der Waals surface area contributed by atoms with E-state index in [2.05, 4.69) is 26.1 Å². The molecule has 1 N–H and O–H groups in total. The molecular weight excluding hydrogens is 161 g/mol. The van der Waals surface area contributed by atoms with Crippen LogP contribution in [0.4, 0.5) is 0 Å². The summed E-state index contributed by atoms with van der Waals surface area (Å²) in [5.74, 6) is 1.74. The van der Waals surface area contributed by atoms with Crippen LogP contribution in [0.2, 0.25) is 0 Å². The fraction of sp³-hybridized carbons (Fsp3) is 0.889. The Balaban J connectivity index is 0.000001000. The molecule has 1 aliphatic rings. The Hall–Kier alpha value is 1.60. The Labute approximate surface area is 113 Å². The Morgan fingerprint density at radius 2 is 2.18 bits per heavy atom. The molecule has 0 aliphatic carbocycles. The van der Waals surface area contributed by atoms with Crippen LogP contribution in [0.1, 0.15) is 26.7 Å². The van der Waals surface area contributed by atoms with Gasteiger partial charge in [0, 0.05) is 0 Å². The van der Waals surface area contributed by atoms with Gasteiger partial charge in [-0.2, -0.15) is 0 Å². The van der Waals surface area contributed by atoms with E-state index in [1.165, 1.54) is 19.4 Å². The quantitative estimate of drug-likeness (QED) is 0.417. The van der Waals surface area contributed by atoms with Crippen molar-refractivity contribution >= 4 is 0 Å². The zero-order valence-electron chi connectivity index (χ0n) is 8.06. The van der Waals surface area contributed by atoms with Crippen molar-refractivity contribution in [2.75, 3.05) is 6.54 Å². The van der Waals surface area contributed by atoms with Crippen LogP contribution < -0.4 is 56.7 Å². The number of nitrogens with one attached hydrogen (secondary N) is 1. The van der Waals surface area contributed by atoms with Crippen LogP contribution in [0.5, 0.6) is 0 Å². The molecule has 0 radical (unpaired) electrons. The summed E-state index contributed by atoms with van der Waals surface area (Å²) >= 11 is 0. The zero-order valence-corrected chi connectivity index (χ0v) is 11.2. The van der Waals surface area contributed by atoms with E-state index < -0.39 is 0 Å². The predicted octanol–water partition coefficient (Wildman–Crippen LogP) is -1.15. The van der Waals surface area contributed by atoms with Gasteiger partial charge in [0.15, 0.2) is 0 Å². The fourth-order valence-corrected chi connectivity index (χ4v) is 1.75. The summed E-state index contributed by atoms with van der Waals surface area (Å²) in [5.41, 5.74) is 0. The van der Waals surface area contributed by atoms with E-state index in [1.807, 2.05) is 0 Å². The molecule has 0 aromatic heterocycles. The van der Waals surface area contributed by atoms with Gasteiger partial charge in [0.05, 0.1) is 0 Å². The van der Waals surface area contributed by atoms with Crippen LogP contribution in [-0.2, 0) is 0 Å². The van der Waals surface area contributed by atoms with Crippen LogP contribution in [-0.4, -0.2) is 12.6 Å². The van der Waals surface area contributed by atoms with E-state index in [4.69, 9.17) is 0 Å². The largest absolute Gasteiger partial charge is 1.00 e. The summed E-state index contributed by atoms with van der Waals surface area (Å²) < 4.78 is 0. The molecule has 2 atom stereocenters. The SMILES string of the molecule is [CH2-]C1CC(CC(C)C)CN1.[K+]. The fourth-order valence-electron chi connectivity index (χ4n) is 1.75. The van der Waals surface area contributed by atoms with Crippen molar-refractivity contribution in [3.63, 3.8) is 0 Å². The van der Waals surface area contributed by atoms with E-state index >= 15 is 0 Å². The molecular formula is C9H18KN. The molecule has 1 saturated heterocycles. The van der Waals surface area contributed by atoms with Gasteiger partial charge >= 0.3 is 51.4 Å². The van der Waals surface area contributed by atoms with Crippen LogP contribution in [0.25, 0.3) is 0 Å². The minimum atomic E-state index is 0. The van der Waals surface area contributed by atoms with Gasteiger partial charge in [0.25, 0.3) is 0 Å². The first-order valence-electron chi connectivity index (χ1n) is 4.25. The number of hydrogen-bond acceptors (Lipinski definition) is 1. The van der Waals surface area contributed by atoms with Crippen molar-refractivity contribution in [3.8, 4) is 0 Å². The third kappa shape index (κ3) is 5.01. The van der Waals surface area contributed by atoms with Gasteiger partial charge in [-0.05, 0) is 24.8 Å². The summed E-state index contributed by atoms with van der Waals surface area (Å²) in [4.78, 5) is 0. The maximum Gasteiger partial charge on any atom is 1.00 e. The van der Waals surface area contributed by atoms with Gasteiger partial charge in [-0.15, -0.1) is 6.04 Å². The molecule has 1 nitrogen and oxygen atoms in total. The van der Waals surface area contributed by atoms with Gasteiger partial charge in [-0.1, -0.05) is 20.3 Å². The van der Waals surface area contributed by atoms with Gasteiger partial charge in [-0.3, -0.25) is 0 Å². The van der Waals surface area contributed by atoms with Gasteiger partial charge in [0.1, 0.15) is 0 Å². The monoisotopic (exact) mass is 179 g/mol. The molecule has 0 saturated carbocycles. The maximum absolute atomic E-state index is 3.98. The first-order valence-corrected chi connectivity index (χ1v) is 4.25. The molecule has 1 heterocycles. The standard InChI is InChI=1S/C9H18N.K/c1-7(2)4-9-5-8(3)10-6-9;/h7-10H,3-6H2,1-2H3;/q-1;+1. The molecule has 1 aliphatic heterocycles. The van der Waals surface area contributed by atoms with Crippen LogP contribution in [0.15, 0.2) is 0 Å².